The van der Waals surface area contributed by atoms with Crippen LogP contribution in [0.25, 0.3) is 0 Å². The largest absolute Gasteiger partial charge is 0.490 e. The molecular formula is C20H27N3O4. The summed E-state index contributed by atoms with van der Waals surface area (Å²) in [6.45, 7) is 3.99. The monoisotopic (exact) mass is 373 g/mol. The molecule has 0 bridgehead atoms. The molecule has 146 valence electrons. The molecule has 1 heterocycles. The molecule has 1 saturated carbocycles. The molecule has 2 amide bonds. The fourth-order valence-corrected chi connectivity index (χ4v) is 2.97. The average Bonchev–Trinajstić information content (AvgIpc) is 3.53. The number of rotatable bonds is 8. The number of nitrogens with zero attached hydrogens (tertiary/aromatic N) is 2. The maximum Gasteiger partial charge on any atom is 0.260 e. The molecule has 27 heavy (non-hydrogen) atoms. The van der Waals surface area contributed by atoms with Crippen molar-refractivity contribution < 1.29 is 19.1 Å². The van der Waals surface area contributed by atoms with E-state index >= 15 is 0 Å². The molecule has 0 aromatic heterocycles. The van der Waals surface area contributed by atoms with Crippen molar-refractivity contribution in [3.8, 4) is 11.5 Å². The van der Waals surface area contributed by atoms with Crippen LogP contribution in [0, 0.1) is 5.92 Å². The lowest BCUT2D eigenvalue weighted by molar-refractivity contribution is -0.134. The van der Waals surface area contributed by atoms with Gasteiger partial charge in [-0.15, -0.1) is 0 Å². The first-order chi connectivity index (χ1) is 13.2. The normalized spacial score (nSPS) is 17.0. The van der Waals surface area contributed by atoms with E-state index in [1.54, 1.807) is 18.3 Å². The molecule has 2 fully saturated rings. The van der Waals surface area contributed by atoms with Gasteiger partial charge in [0.15, 0.2) is 18.1 Å². The Kier molecular flexibility index (Phi) is 6.68. The van der Waals surface area contributed by atoms with Gasteiger partial charge < -0.3 is 14.4 Å². The van der Waals surface area contributed by atoms with Gasteiger partial charge in [-0.2, -0.15) is 5.10 Å². The molecule has 1 aliphatic heterocycles. The van der Waals surface area contributed by atoms with Crippen molar-refractivity contribution in [2.24, 2.45) is 11.0 Å². The summed E-state index contributed by atoms with van der Waals surface area (Å²) in [6, 6.07) is 5.37. The zero-order valence-corrected chi connectivity index (χ0v) is 15.8. The van der Waals surface area contributed by atoms with Gasteiger partial charge in [0.25, 0.3) is 5.91 Å². The van der Waals surface area contributed by atoms with Gasteiger partial charge >= 0.3 is 0 Å². The van der Waals surface area contributed by atoms with Crippen molar-refractivity contribution >= 4 is 18.0 Å². The Morgan fingerprint density at radius 2 is 1.96 bits per heavy atom. The molecule has 2 aliphatic rings. The molecule has 1 saturated heterocycles. The van der Waals surface area contributed by atoms with Crippen LogP contribution in [-0.2, 0) is 9.59 Å². The predicted octanol–water partition coefficient (Wildman–Crippen LogP) is 2.34. The minimum absolute atomic E-state index is 0.00492. The Morgan fingerprint density at radius 3 is 2.67 bits per heavy atom. The van der Waals surface area contributed by atoms with Crippen molar-refractivity contribution in [1.82, 2.24) is 10.3 Å². The number of hydrazone groups is 1. The third kappa shape index (κ3) is 5.70. The molecule has 7 heteroatoms. The number of amides is 2. The zero-order valence-electron chi connectivity index (χ0n) is 15.8. The Morgan fingerprint density at radius 1 is 1.19 bits per heavy atom. The van der Waals surface area contributed by atoms with Gasteiger partial charge in [0, 0.05) is 19.0 Å². The summed E-state index contributed by atoms with van der Waals surface area (Å²) >= 11 is 0. The summed E-state index contributed by atoms with van der Waals surface area (Å²) in [5.74, 6) is 1.18. The SMILES string of the molecule is CCOc1cc(C=NNC(=O)C2CC2)ccc1OCC(=O)N1CCCCC1. The summed E-state index contributed by atoms with van der Waals surface area (Å²) in [6.07, 6.45) is 6.76. The summed E-state index contributed by atoms with van der Waals surface area (Å²) in [7, 11) is 0. The lowest BCUT2D eigenvalue weighted by Gasteiger charge is -2.26. The van der Waals surface area contributed by atoms with Crippen molar-refractivity contribution in [1.29, 1.82) is 0 Å². The van der Waals surface area contributed by atoms with Crippen molar-refractivity contribution in [3.05, 3.63) is 23.8 Å². The number of carbonyl (C=O) groups is 2. The Labute approximate surface area is 159 Å². The predicted molar refractivity (Wildman–Crippen MR) is 102 cm³/mol. The highest BCUT2D eigenvalue weighted by Gasteiger charge is 2.29. The molecule has 1 aliphatic carbocycles. The van der Waals surface area contributed by atoms with Crippen LogP contribution in [0.5, 0.6) is 11.5 Å². The summed E-state index contributed by atoms with van der Waals surface area (Å²) in [5, 5.41) is 3.99. The van der Waals surface area contributed by atoms with E-state index in [-0.39, 0.29) is 24.3 Å². The second-order valence-electron chi connectivity index (χ2n) is 6.88. The molecule has 0 radical (unpaired) electrons. The van der Waals surface area contributed by atoms with Crippen molar-refractivity contribution in [2.45, 2.75) is 39.0 Å². The van der Waals surface area contributed by atoms with Crippen LogP contribution < -0.4 is 14.9 Å². The van der Waals surface area contributed by atoms with E-state index in [4.69, 9.17) is 9.47 Å². The van der Waals surface area contributed by atoms with Crippen LogP contribution in [-0.4, -0.2) is 49.2 Å². The molecule has 1 N–H and O–H groups in total. The lowest BCUT2D eigenvalue weighted by Crippen LogP contribution is -2.38. The van der Waals surface area contributed by atoms with Gasteiger partial charge in [-0.25, -0.2) is 5.43 Å². The van der Waals surface area contributed by atoms with Crippen LogP contribution in [0.1, 0.15) is 44.6 Å². The molecule has 0 unspecified atom stereocenters. The van der Waals surface area contributed by atoms with Gasteiger partial charge in [0.2, 0.25) is 5.91 Å². The summed E-state index contributed by atoms with van der Waals surface area (Å²) in [4.78, 5) is 25.7. The van der Waals surface area contributed by atoms with E-state index < -0.39 is 0 Å². The van der Waals surface area contributed by atoms with Crippen LogP contribution in [0.2, 0.25) is 0 Å². The topological polar surface area (TPSA) is 80.2 Å². The van der Waals surface area contributed by atoms with E-state index in [9.17, 15) is 9.59 Å². The van der Waals surface area contributed by atoms with Crippen molar-refractivity contribution in [2.75, 3.05) is 26.3 Å². The molecule has 7 nitrogen and oxygen atoms in total. The minimum Gasteiger partial charge on any atom is -0.490 e. The highest BCUT2D eigenvalue weighted by molar-refractivity contribution is 5.85. The third-order valence-corrected chi connectivity index (χ3v) is 4.66. The first-order valence-electron chi connectivity index (χ1n) is 9.67. The smallest absolute Gasteiger partial charge is 0.260 e. The first-order valence-corrected chi connectivity index (χ1v) is 9.67. The first kappa shape index (κ1) is 19.2. The number of hydrogen-bond acceptors (Lipinski definition) is 5. The second-order valence-corrected chi connectivity index (χ2v) is 6.88. The van der Waals surface area contributed by atoms with Gasteiger partial charge in [-0.1, -0.05) is 0 Å². The lowest BCUT2D eigenvalue weighted by atomic mass is 10.1. The second kappa shape index (κ2) is 9.39. The number of nitrogens with one attached hydrogen (secondary N) is 1. The Bertz CT molecular complexity index is 694. The van der Waals surface area contributed by atoms with Crippen LogP contribution in [0.3, 0.4) is 0 Å². The zero-order chi connectivity index (χ0) is 19.1. The Balaban J connectivity index is 1.57. The average molecular weight is 373 g/mol. The van der Waals surface area contributed by atoms with Gasteiger partial charge in [-0.05, 0) is 62.8 Å². The maximum absolute atomic E-state index is 12.3. The number of hydrogen-bond donors (Lipinski definition) is 1. The fraction of sp³-hybridized carbons (Fsp3) is 0.550. The van der Waals surface area contributed by atoms with Crippen molar-refractivity contribution in [3.63, 3.8) is 0 Å². The molecule has 0 atom stereocenters. The number of carbonyl (C=O) groups excluding carboxylic acids is 2. The van der Waals surface area contributed by atoms with E-state index in [1.165, 1.54) is 6.42 Å². The van der Waals surface area contributed by atoms with Gasteiger partial charge in [0.1, 0.15) is 0 Å². The minimum atomic E-state index is -0.0348. The number of benzene rings is 1. The molecule has 1 aromatic rings. The van der Waals surface area contributed by atoms with Gasteiger partial charge in [-0.3, -0.25) is 9.59 Å². The highest BCUT2D eigenvalue weighted by atomic mass is 16.5. The molecule has 0 spiro atoms. The number of ether oxygens (including phenoxy) is 2. The number of likely N-dealkylation sites (tertiary alicyclic amines) is 1. The summed E-state index contributed by atoms with van der Waals surface area (Å²) < 4.78 is 11.3. The molecule has 1 aromatic carbocycles. The molecule has 3 rings (SSSR count). The summed E-state index contributed by atoms with van der Waals surface area (Å²) in [5.41, 5.74) is 3.33. The fourth-order valence-electron chi connectivity index (χ4n) is 2.97. The highest BCUT2D eigenvalue weighted by Crippen LogP contribution is 2.29. The third-order valence-electron chi connectivity index (χ3n) is 4.66. The van der Waals surface area contributed by atoms with E-state index in [0.717, 1.165) is 44.3 Å². The maximum atomic E-state index is 12.3. The van der Waals surface area contributed by atoms with E-state index in [1.807, 2.05) is 17.9 Å². The molecular weight excluding hydrogens is 346 g/mol. The number of piperidine rings is 1. The van der Waals surface area contributed by atoms with Gasteiger partial charge in [0.05, 0.1) is 12.8 Å². The van der Waals surface area contributed by atoms with Crippen LogP contribution in [0.4, 0.5) is 0 Å². The van der Waals surface area contributed by atoms with Crippen LogP contribution in [0.15, 0.2) is 23.3 Å². The quantitative estimate of drug-likeness (QED) is 0.560. The standard InChI is InChI=1S/C20H27N3O4/c1-2-26-18-12-15(13-21-22-20(25)16-7-8-16)6-9-17(18)27-14-19(24)23-10-4-3-5-11-23/h6,9,12-13,16H,2-5,7-8,10-11,14H2,1H3,(H,22,25). The van der Waals surface area contributed by atoms with E-state index in [0.29, 0.717) is 18.1 Å². The van der Waals surface area contributed by atoms with Crippen LogP contribution >= 0.6 is 0 Å². The Hall–Kier alpha value is -2.57. The van der Waals surface area contributed by atoms with E-state index in [2.05, 4.69) is 10.5 Å².